The molecule has 4 heteroatoms. The molecule has 0 radical (unpaired) electrons. The van der Waals surface area contributed by atoms with Crippen molar-refractivity contribution in [3.8, 4) is 22.8 Å². The maximum absolute atomic E-state index is 12.6. The number of amides is 1. The maximum Gasteiger partial charge on any atom is 0.252 e. The predicted octanol–water partition coefficient (Wildman–Crippen LogP) is 4.54. The number of oxazole rings is 1. The first kappa shape index (κ1) is 16.0. The Morgan fingerprint density at radius 1 is 1.00 bits per heavy atom. The van der Waals surface area contributed by atoms with Crippen LogP contribution in [0, 0.1) is 0 Å². The number of benzene rings is 2. The molecule has 0 aliphatic carbocycles. The number of nitrogens with one attached hydrogen (secondary N) is 1. The van der Waals surface area contributed by atoms with Crippen LogP contribution in [0.2, 0.25) is 0 Å². The van der Waals surface area contributed by atoms with E-state index in [2.05, 4.69) is 10.3 Å². The average molecular weight is 320 g/mol. The highest BCUT2D eigenvalue weighted by molar-refractivity contribution is 6.00. The lowest BCUT2D eigenvalue weighted by atomic mass is 10.0. The van der Waals surface area contributed by atoms with Gasteiger partial charge in [-0.25, -0.2) is 4.98 Å². The zero-order valence-corrected chi connectivity index (χ0v) is 14.0. The fourth-order valence-electron chi connectivity index (χ4n) is 2.41. The monoisotopic (exact) mass is 320 g/mol. The molecule has 1 N–H and O–H groups in total. The summed E-state index contributed by atoms with van der Waals surface area (Å²) >= 11 is 0. The van der Waals surface area contributed by atoms with E-state index in [1.54, 1.807) is 12.3 Å². The minimum Gasteiger partial charge on any atom is -0.436 e. The molecule has 0 atom stereocenters. The third-order valence-corrected chi connectivity index (χ3v) is 3.45. The quantitative estimate of drug-likeness (QED) is 0.771. The van der Waals surface area contributed by atoms with Gasteiger partial charge in [-0.1, -0.05) is 42.5 Å². The highest BCUT2D eigenvalue weighted by Crippen LogP contribution is 2.28. The number of rotatable bonds is 3. The van der Waals surface area contributed by atoms with E-state index in [-0.39, 0.29) is 11.4 Å². The summed E-state index contributed by atoms with van der Waals surface area (Å²) in [6, 6.07) is 17.1. The second-order valence-electron chi connectivity index (χ2n) is 6.65. The summed E-state index contributed by atoms with van der Waals surface area (Å²) in [7, 11) is 0. The van der Waals surface area contributed by atoms with Crippen molar-refractivity contribution in [2.45, 2.75) is 26.3 Å². The number of nitrogens with zero attached hydrogens (tertiary/aromatic N) is 1. The fourth-order valence-corrected chi connectivity index (χ4v) is 2.41. The summed E-state index contributed by atoms with van der Waals surface area (Å²) in [6.07, 6.45) is 1.68. The summed E-state index contributed by atoms with van der Waals surface area (Å²) < 4.78 is 5.89. The Labute approximate surface area is 141 Å². The zero-order chi connectivity index (χ0) is 17.2. The van der Waals surface area contributed by atoms with E-state index < -0.39 is 0 Å². The minimum atomic E-state index is -0.310. The molecule has 3 rings (SSSR count). The Hall–Kier alpha value is -2.88. The van der Waals surface area contributed by atoms with Crippen molar-refractivity contribution in [3.05, 3.63) is 66.4 Å². The Bertz CT molecular complexity index is 845. The zero-order valence-electron chi connectivity index (χ0n) is 14.0. The van der Waals surface area contributed by atoms with E-state index in [0.717, 1.165) is 5.56 Å². The Morgan fingerprint density at radius 2 is 1.67 bits per heavy atom. The molecule has 0 aliphatic rings. The third-order valence-electron chi connectivity index (χ3n) is 3.45. The van der Waals surface area contributed by atoms with Gasteiger partial charge in [-0.15, -0.1) is 0 Å². The molecule has 1 aromatic heterocycles. The average Bonchev–Trinajstić information content (AvgIpc) is 3.04. The van der Waals surface area contributed by atoms with Crippen LogP contribution < -0.4 is 5.32 Å². The summed E-state index contributed by atoms with van der Waals surface area (Å²) in [6.45, 7) is 5.85. The predicted molar refractivity (Wildman–Crippen MR) is 94.6 cm³/mol. The van der Waals surface area contributed by atoms with Crippen molar-refractivity contribution in [3.63, 3.8) is 0 Å². The molecule has 2 aromatic carbocycles. The first-order chi connectivity index (χ1) is 11.4. The molecule has 0 unspecified atom stereocenters. The van der Waals surface area contributed by atoms with Gasteiger partial charge in [0.15, 0.2) is 5.76 Å². The van der Waals surface area contributed by atoms with Gasteiger partial charge in [-0.2, -0.15) is 0 Å². The normalized spacial score (nSPS) is 11.3. The van der Waals surface area contributed by atoms with Gasteiger partial charge in [0.05, 0.1) is 11.8 Å². The second-order valence-corrected chi connectivity index (χ2v) is 6.65. The summed E-state index contributed by atoms with van der Waals surface area (Å²) in [5.41, 5.74) is 1.87. The number of aromatic nitrogens is 1. The molecule has 4 nitrogen and oxygen atoms in total. The van der Waals surface area contributed by atoms with Crippen molar-refractivity contribution in [2.75, 3.05) is 0 Å². The van der Waals surface area contributed by atoms with E-state index in [9.17, 15) is 4.79 Å². The number of hydrogen-bond acceptors (Lipinski definition) is 3. The molecule has 0 spiro atoms. The molecular formula is C20H20N2O2. The molecule has 122 valence electrons. The molecule has 0 fully saturated rings. The van der Waals surface area contributed by atoms with Gasteiger partial charge in [0.1, 0.15) is 0 Å². The first-order valence-electron chi connectivity index (χ1n) is 7.87. The third kappa shape index (κ3) is 3.54. The van der Waals surface area contributed by atoms with Crippen LogP contribution in [-0.4, -0.2) is 16.4 Å². The Morgan fingerprint density at radius 3 is 2.38 bits per heavy atom. The van der Waals surface area contributed by atoms with Gasteiger partial charge in [-0.05, 0) is 32.9 Å². The molecule has 0 aliphatic heterocycles. The number of carbonyl (C=O) groups is 1. The highest BCUT2D eigenvalue weighted by Gasteiger charge is 2.20. The van der Waals surface area contributed by atoms with Crippen molar-refractivity contribution >= 4 is 5.91 Å². The van der Waals surface area contributed by atoms with Crippen molar-refractivity contribution in [2.24, 2.45) is 0 Å². The van der Waals surface area contributed by atoms with Crippen LogP contribution in [0.25, 0.3) is 22.8 Å². The Kier molecular flexibility index (Phi) is 4.21. The number of carbonyl (C=O) groups excluding carboxylic acids is 1. The van der Waals surface area contributed by atoms with Crippen LogP contribution in [-0.2, 0) is 0 Å². The Balaban J connectivity index is 1.96. The van der Waals surface area contributed by atoms with Gasteiger partial charge in [0.25, 0.3) is 5.91 Å². The smallest absolute Gasteiger partial charge is 0.252 e. The largest absolute Gasteiger partial charge is 0.436 e. The van der Waals surface area contributed by atoms with Gasteiger partial charge >= 0.3 is 0 Å². The van der Waals surface area contributed by atoms with Gasteiger partial charge < -0.3 is 9.73 Å². The summed E-state index contributed by atoms with van der Waals surface area (Å²) in [5.74, 6) is 0.975. The SMILES string of the molecule is CC(C)(C)NC(=O)c1ccccc1-c1ncc(-c2ccccc2)o1. The molecule has 0 bridgehead atoms. The molecule has 1 amide bonds. The molecular weight excluding hydrogens is 300 g/mol. The van der Waals surface area contributed by atoms with Gasteiger partial charge in [-0.3, -0.25) is 4.79 Å². The van der Waals surface area contributed by atoms with Crippen LogP contribution in [0.3, 0.4) is 0 Å². The number of hydrogen-bond donors (Lipinski definition) is 1. The molecule has 24 heavy (non-hydrogen) atoms. The van der Waals surface area contributed by atoms with Crippen molar-refractivity contribution in [1.82, 2.24) is 10.3 Å². The van der Waals surface area contributed by atoms with Crippen LogP contribution in [0.15, 0.2) is 65.2 Å². The van der Waals surface area contributed by atoms with Crippen LogP contribution in [0.4, 0.5) is 0 Å². The first-order valence-corrected chi connectivity index (χ1v) is 7.87. The molecule has 0 saturated heterocycles. The van der Waals surface area contributed by atoms with E-state index in [0.29, 0.717) is 22.8 Å². The van der Waals surface area contributed by atoms with Crippen LogP contribution in [0.5, 0.6) is 0 Å². The highest BCUT2D eigenvalue weighted by atomic mass is 16.4. The maximum atomic E-state index is 12.6. The van der Waals surface area contributed by atoms with Crippen molar-refractivity contribution in [1.29, 1.82) is 0 Å². The van der Waals surface area contributed by atoms with E-state index in [4.69, 9.17) is 4.42 Å². The van der Waals surface area contributed by atoms with Crippen LogP contribution >= 0.6 is 0 Å². The topological polar surface area (TPSA) is 55.1 Å². The molecule has 1 heterocycles. The van der Waals surface area contributed by atoms with Crippen molar-refractivity contribution < 1.29 is 9.21 Å². The van der Waals surface area contributed by atoms with E-state index >= 15 is 0 Å². The summed E-state index contributed by atoms with van der Waals surface area (Å²) in [5, 5.41) is 2.98. The minimum absolute atomic E-state index is 0.141. The second kappa shape index (κ2) is 6.32. The van der Waals surface area contributed by atoms with Gasteiger partial charge in [0, 0.05) is 16.7 Å². The lowest BCUT2D eigenvalue weighted by Crippen LogP contribution is -2.40. The summed E-state index contributed by atoms with van der Waals surface area (Å²) in [4.78, 5) is 16.9. The molecule has 3 aromatic rings. The lowest BCUT2D eigenvalue weighted by Gasteiger charge is -2.21. The van der Waals surface area contributed by atoms with E-state index in [1.807, 2.05) is 69.3 Å². The molecule has 0 saturated carbocycles. The standard InChI is InChI=1S/C20H20N2O2/c1-20(2,3)22-18(23)15-11-7-8-12-16(15)19-21-13-17(24-19)14-9-5-4-6-10-14/h4-13H,1-3H3,(H,22,23). The van der Waals surface area contributed by atoms with Gasteiger partial charge in [0.2, 0.25) is 5.89 Å². The van der Waals surface area contributed by atoms with E-state index in [1.165, 1.54) is 0 Å². The lowest BCUT2D eigenvalue weighted by molar-refractivity contribution is 0.0920. The fraction of sp³-hybridized carbons (Fsp3) is 0.200. The van der Waals surface area contributed by atoms with Crippen LogP contribution in [0.1, 0.15) is 31.1 Å².